The van der Waals surface area contributed by atoms with Crippen molar-refractivity contribution in [3.63, 3.8) is 0 Å². The van der Waals surface area contributed by atoms with Crippen molar-refractivity contribution >= 4 is 12.0 Å². The van der Waals surface area contributed by atoms with Crippen LogP contribution in [0.25, 0.3) is 6.08 Å². The molecular weight excluding hydrogens is 336 g/mol. The van der Waals surface area contributed by atoms with Crippen LogP contribution in [-0.4, -0.2) is 25.0 Å². The summed E-state index contributed by atoms with van der Waals surface area (Å²) in [6, 6.07) is 10.3. The van der Waals surface area contributed by atoms with Gasteiger partial charge in [0.25, 0.3) is 0 Å². The van der Waals surface area contributed by atoms with Crippen LogP contribution in [-0.2, 0) is 19.4 Å². The summed E-state index contributed by atoms with van der Waals surface area (Å²) in [5.74, 6) is 1.06. The molecule has 142 valence electrons. The van der Waals surface area contributed by atoms with E-state index in [0.717, 1.165) is 43.6 Å². The zero-order valence-corrected chi connectivity index (χ0v) is 16.1. The summed E-state index contributed by atoms with van der Waals surface area (Å²) in [4.78, 5) is 7.11. The maximum Gasteiger partial charge on any atom is 0.197 e. The van der Waals surface area contributed by atoms with Gasteiger partial charge in [-0.3, -0.25) is 0 Å². The number of imidazole rings is 1. The average Bonchev–Trinajstić information content (AvgIpc) is 3.24. The Balaban J connectivity index is 1.45. The summed E-state index contributed by atoms with van der Waals surface area (Å²) >= 11 is 0. The molecule has 0 spiro atoms. The van der Waals surface area contributed by atoms with Gasteiger partial charge < -0.3 is 10.7 Å². The molecule has 0 aliphatic rings. The number of rotatable bonds is 9. The maximum absolute atomic E-state index is 5.60. The van der Waals surface area contributed by atoms with Gasteiger partial charge in [-0.1, -0.05) is 54.1 Å². The van der Waals surface area contributed by atoms with E-state index in [4.69, 9.17) is 5.73 Å². The SMILES string of the molecule is C/C(=C\c1ccccc1)Cn1cc(CC(C)CCCc2cnc(N)[nH]2)nn1. The van der Waals surface area contributed by atoms with E-state index in [0.29, 0.717) is 11.9 Å². The quantitative estimate of drug-likeness (QED) is 0.603. The third-order valence-corrected chi connectivity index (χ3v) is 4.56. The first kappa shape index (κ1) is 18.9. The van der Waals surface area contributed by atoms with E-state index in [2.05, 4.69) is 70.7 Å². The van der Waals surface area contributed by atoms with Gasteiger partial charge in [-0.05, 0) is 44.1 Å². The minimum Gasteiger partial charge on any atom is -0.369 e. The molecule has 6 heteroatoms. The molecule has 0 fully saturated rings. The van der Waals surface area contributed by atoms with Crippen molar-refractivity contribution in [2.75, 3.05) is 5.73 Å². The van der Waals surface area contributed by atoms with Gasteiger partial charge in [0.2, 0.25) is 0 Å². The number of benzene rings is 1. The number of nitrogens with zero attached hydrogens (tertiary/aromatic N) is 4. The number of aromatic nitrogens is 5. The summed E-state index contributed by atoms with van der Waals surface area (Å²) < 4.78 is 1.92. The Kier molecular flexibility index (Phi) is 6.41. The van der Waals surface area contributed by atoms with Crippen LogP contribution in [0, 0.1) is 5.92 Å². The van der Waals surface area contributed by atoms with Crippen LogP contribution < -0.4 is 5.73 Å². The Labute approximate surface area is 160 Å². The Morgan fingerprint density at radius 3 is 2.85 bits per heavy atom. The summed E-state index contributed by atoms with van der Waals surface area (Å²) in [5, 5.41) is 8.62. The second kappa shape index (κ2) is 9.16. The predicted octanol–water partition coefficient (Wildman–Crippen LogP) is 3.89. The van der Waals surface area contributed by atoms with Gasteiger partial charge in [0.05, 0.1) is 18.4 Å². The van der Waals surface area contributed by atoms with Crippen molar-refractivity contribution in [2.45, 2.75) is 46.1 Å². The minimum atomic E-state index is 0.492. The second-order valence-corrected chi connectivity index (χ2v) is 7.30. The highest BCUT2D eigenvalue weighted by Crippen LogP contribution is 2.15. The molecule has 2 aromatic heterocycles. The van der Waals surface area contributed by atoms with Crippen LogP contribution in [0.2, 0.25) is 0 Å². The largest absolute Gasteiger partial charge is 0.369 e. The van der Waals surface area contributed by atoms with Gasteiger partial charge in [0, 0.05) is 11.9 Å². The van der Waals surface area contributed by atoms with Gasteiger partial charge in [0.15, 0.2) is 5.95 Å². The molecule has 27 heavy (non-hydrogen) atoms. The van der Waals surface area contributed by atoms with Gasteiger partial charge in [-0.15, -0.1) is 5.10 Å². The standard InChI is InChI=1S/C21H28N6/c1-16(7-6-10-19-13-23-21(22)24-19)12-20-15-27(26-25-20)14-17(2)11-18-8-4-3-5-9-18/h3-5,8-9,11,13,15-16H,6-7,10,12,14H2,1-2H3,(H3,22,23,24)/b17-11+. The lowest BCUT2D eigenvalue weighted by atomic mass is 9.98. The molecule has 6 nitrogen and oxygen atoms in total. The molecule has 0 amide bonds. The van der Waals surface area contributed by atoms with Crippen LogP contribution in [0.3, 0.4) is 0 Å². The second-order valence-electron chi connectivity index (χ2n) is 7.30. The summed E-state index contributed by atoms with van der Waals surface area (Å²) in [7, 11) is 0. The number of nitrogens with two attached hydrogens (primary N) is 1. The number of aromatic amines is 1. The number of nitrogens with one attached hydrogen (secondary N) is 1. The highest BCUT2D eigenvalue weighted by atomic mass is 15.4. The predicted molar refractivity (Wildman–Crippen MR) is 109 cm³/mol. The smallest absolute Gasteiger partial charge is 0.197 e. The number of nitrogen functional groups attached to an aromatic ring is 1. The van der Waals surface area contributed by atoms with Gasteiger partial charge in [-0.2, -0.15) is 0 Å². The van der Waals surface area contributed by atoms with Crippen molar-refractivity contribution in [1.29, 1.82) is 0 Å². The summed E-state index contributed by atoms with van der Waals surface area (Å²) in [6.45, 7) is 5.15. The molecule has 0 radical (unpaired) electrons. The van der Waals surface area contributed by atoms with Crippen molar-refractivity contribution in [3.8, 4) is 0 Å². The molecule has 1 aromatic carbocycles. The first-order chi connectivity index (χ1) is 13.1. The minimum absolute atomic E-state index is 0.492. The molecule has 0 saturated heterocycles. The van der Waals surface area contributed by atoms with Crippen LogP contribution in [0.5, 0.6) is 0 Å². The fourth-order valence-corrected chi connectivity index (χ4v) is 3.25. The maximum atomic E-state index is 5.60. The Morgan fingerprint density at radius 1 is 1.30 bits per heavy atom. The first-order valence-electron chi connectivity index (χ1n) is 9.49. The Bertz CT molecular complexity index is 862. The molecule has 1 atom stereocenters. The van der Waals surface area contributed by atoms with Crippen LogP contribution in [0.4, 0.5) is 5.95 Å². The van der Waals surface area contributed by atoms with E-state index in [1.54, 1.807) is 0 Å². The summed E-state index contributed by atoms with van der Waals surface area (Å²) in [6.07, 6.45) is 10.2. The topological polar surface area (TPSA) is 85.4 Å². The molecule has 3 N–H and O–H groups in total. The van der Waals surface area contributed by atoms with Crippen molar-refractivity contribution in [2.24, 2.45) is 5.92 Å². The van der Waals surface area contributed by atoms with E-state index in [1.807, 2.05) is 16.9 Å². The van der Waals surface area contributed by atoms with Gasteiger partial charge in [0.1, 0.15) is 0 Å². The third kappa shape index (κ3) is 6.09. The van der Waals surface area contributed by atoms with Crippen LogP contribution >= 0.6 is 0 Å². The summed E-state index contributed by atoms with van der Waals surface area (Å²) in [5.41, 5.74) is 10.2. The average molecular weight is 364 g/mol. The van der Waals surface area contributed by atoms with Crippen LogP contribution in [0.1, 0.15) is 43.6 Å². The van der Waals surface area contributed by atoms with Crippen molar-refractivity contribution in [1.82, 2.24) is 25.0 Å². The third-order valence-electron chi connectivity index (χ3n) is 4.56. The fourth-order valence-electron chi connectivity index (χ4n) is 3.25. The molecule has 0 saturated carbocycles. The Hall–Kier alpha value is -2.89. The normalized spacial score (nSPS) is 13.0. The van der Waals surface area contributed by atoms with Crippen molar-refractivity contribution < 1.29 is 0 Å². The molecule has 3 aromatic rings. The monoisotopic (exact) mass is 364 g/mol. The molecule has 3 rings (SSSR count). The first-order valence-corrected chi connectivity index (χ1v) is 9.49. The lowest BCUT2D eigenvalue weighted by molar-refractivity contribution is 0.501. The highest BCUT2D eigenvalue weighted by molar-refractivity contribution is 5.51. The number of allylic oxidation sites excluding steroid dienone is 1. The Morgan fingerprint density at radius 2 is 2.11 bits per heavy atom. The molecule has 2 heterocycles. The number of H-pyrrole nitrogens is 1. The van der Waals surface area contributed by atoms with Gasteiger partial charge in [-0.25, -0.2) is 9.67 Å². The number of aryl methyl sites for hydroxylation is 1. The lowest BCUT2D eigenvalue weighted by Crippen LogP contribution is -2.02. The lowest BCUT2D eigenvalue weighted by Gasteiger charge is -2.08. The van der Waals surface area contributed by atoms with E-state index in [1.165, 1.54) is 11.1 Å². The molecule has 0 bridgehead atoms. The number of anilines is 1. The van der Waals surface area contributed by atoms with Crippen LogP contribution in [0.15, 0.2) is 48.3 Å². The van der Waals surface area contributed by atoms with Crippen molar-refractivity contribution in [3.05, 3.63) is 65.2 Å². The number of hydrogen-bond acceptors (Lipinski definition) is 4. The van der Waals surface area contributed by atoms with E-state index < -0.39 is 0 Å². The number of hydrogen-bond donors (Lipinski definition) is 2. The fraction of sp³-hybridized carbons (Fsp3) is 0.381. The van der Waals surface area contributed by atoms with E-state index in [-0.39, 0.29) is 0 Å². The molecule has 1 unspecified atom stereocenters. The van der Waals surface area contributed by atoms with Gasteiger partial charge >= 0.3 is 0 Å². The van der Waals surface area contributed by atoms with E-state index in [9.17, 15) is 0 Å². The zero-order chi connectivity index (χ0) is 19.1. The highest BCUT2D eigenvalue weighted by Gasteiger charge is 2.08. The molecule has 0 aliphatic carbocycles. The molecule has 0 aliphatic heterocycles. The van der Waals surface area contributed by atoms with E-state index >= 15 is 0 Å². The zero-order valence-electron chi connectivity index (χ0n) is 16.1. The molecular formula is C21H28N6.